The molecule has 0 bridgehead atoms. The van der Waals surface area contributed by atoms with Gasteiger partial charge in [0.2, 0.25) is 0 Å². The van der Waals surface area contributed by atoms with E-state index >= 15 is 0 Å². The summed E-state index contributed by atoms with van der Waals surface area (Å²) >= 11 is 1.31. The van der Waals surface area contributed by atoms with Crippen LogP contribution in [0.1, 0.15) is 30.2 Å². The lowest BCUT2D eigenvalue weighted by Crippen LogP contribution is -2.10. The summed E-state index contributed by atoms with van der Waals surface area (Å²) in [6.45, 7) is 2.02. The van der Waals surface area contributed by atoms with Gasteiger partial charge in [0.15, 0.2) is 5.16 Å². The molecule has 1 heterocycles. The molecule has 6 heteroatoms. The third-order valence-corrected chi connectivity index (χ3v) is 3.69. The van der Waals surface area contributed by atoms with Gasteiger partial charge in [-0.1, -0.05) is 25.1 Å². The molecule has 0 aliphatic heterocycles. The number of aromatic amines is 1. The van der Waals surface area contributed by atoms with Crippen molar-refractivity contribution in [2.45, 2.75) is 30.7 Å². The maximum atomic E-state index is 13.3. The van der Waals surface area contributed by atoms with Crippen LogP contribution in [0.4, 0.5) is 4.39 Å². The Labute approximate surface area is 126 Å². The van der Waals surface area contributed by atoms with Crippen molar-refractivity contribution in [3.63, 3.8) is 0 Å². The minimum Gasteiger partial charge on any atom is -0.301 e. The number of aryl methyl sites for hydroxylation is 1. The van der Waals surface area contributed by atoms with Gasteiger partial charge in [0.1, 0.15) is 5.82 Å². The molecule has 0 fully saturated rings. The lowest BCUT2D eigenvalue weighted by molar-refractivity contribution is 0.626. The summed E-state index contributed by atoms with van der Waals surface area (Å²) in [6.07, 6.45) is 1.66. The molecule has 0 radical (unpaired) electrons. The van der Waals surface area contributed by atoms with Crippen molar-refractivity contribution in [3.05, 3.63) is 57.3 Å². The van der Waals surface area contributed by atoms with Crippen LogP contribution in [0.25, 0.3) is 0 Å². The van der Waals surface area contributed by atoms with Crippen LogP contribution >= 0.6 is 11.8 Å². The molecule has 0 saturated carbocycles. The summed E-state index contributed by atoms with van der Waals surface area (Å²) in [5.74, 6) is -0.00357. The van der Waals surface area contributed by atoms with E-state index in [1.54, 1.807) is 6.07 Å². The fraction of sp³-hybridized carbons (Fsp3) is 0.267. The SMILES string of the molecule is CCCc1cc(=O)[nH]c(SCc2cc(F)cc(C#N)c2)n1. The quantitative estimate of drug-likeness (QED) is 0.681. The average molecular weight is 303 g/mol. The number of rotatable bonds is 5. The van der Waals surface area contributed by atoms with Crippen LogP contribution in [0.3, 0.4) is 0 Å². The topological polar surface area (TPSA) is 69.5 Å². The minimum absolute atomic E-state index is 0.187. The second-order valence-corrected chi connectivity index (χ2v) is 5.50. The second kappa shape index (κ2) is 7.04. The van der Waals surface area contributed by atoms with Crippen molar-refractivity contribution in [3.8, 4) is 6.07 Å². The molecule has 0 spiro atoms. The number of benzene rings is 1. The molecule has 0 aliphatic rings. The summed E-state index contributed by atoms with van der Waals surface area (Å²) in [4.78, 5) is 18.5. The highest BCUT2D eigenvalue weighted by Gasteiger charge is 2.05. The molecule has 2 aromatic rings. The summed E-state index contributed by atoms with van der Waals surface area (Å²) in [7, 11) is 0. The van der Waals surface area contributed by atoms with Crippen LogP contribution in [-0.4, -0.2) is 9.97 Å². The third-order valence-electron chi connectivity index (χ3n) is 2.74. The highest BCUT2D eigenvalue weighted by Crippen LogP contribution is 2.20. The molecule has 0 aliphatic carbocycles. The maximum absolute atomic E-state index is 13.3. The smallest absolute Gasteiger partial charge is 0.251 e. The van der Waals surface area contributed by atoms with Crippen molar-refractivity contribution >= 4 is 11.8 Å². The Bertz CT molecular complexity index is 736. The molecule has 1 aromatic carbocycles. The number of nitrogens with zero attached hydrogens (tertiary/aromatic N) is 2. The zero-order valence-corrected chi connectivity index (χ0v) is 12.3. The first-order chi connectivity index (χ1) is 10.1. The Morgan fingerprint density at radius 1 is 1.38 bits per heavy atom. The van der Waals surface area contributed by atoms with E-state index in [9.17, 15) is 9.18 Å². The molecule has 0 amide bonds. The van der Waals surface area contributed by atoms with Gasteiger partial charge in [0, 0.05) is 17.5 Å². The number of H-pyrrole nitrogens is 1. The standard InChI is InChI=1S/C15H14FN3OS/c1-2-3-13-7-14(20)19-15(18-13)21-9-11-4-10(8-17)5-12(16)6-11/h4-7H,2-3,9H2,1H3,(H,18,19,20). The van der Waals surface area contributed by atoms with E-state index in [2.05, 4.69) is 9.97 Å². The monoisotopic (exact) mass is 303 g/mol. The lowest BCUT2D eigenvalue weighted by atomic mass is 10.1. The van der Waals surface area contributed by atoms with E-state index in [0.29, 0.717) is 16.5 Å². The normalized spacial score (nSPS) is 10.3. The number of hydrogen-bond acceptors (Lipinski definition) is 4. The van der Waals surface area contributed by atoms with Crippen molar-refractivity contribution in [2.75, 3.05) is 0 Å². The van der Waals surface area contributed by atoms with Crippen LogP contribution in [-0.2, 0) is 12.2 Å². The van der Waals surface area contributed by atoms with E-state index in [1.165, 1.54) is 30.0 Å². The predicted octanol–water partition coefficient (Wildman–Crippen LogP) is 3.03. The predicted molar refractivity (Wildman–Crippen MR) is 79.5 cm³/mol. The molecule has 0 atom stereocenters. The maximum Gasteiger partial charge on any atom is 0.251 e. The van der Waals surface area contributed by atoms with Gasteiger partial charge < -0.3 is 4.98 Å². The first-order valence-electron chi connectivity index (χ1n) is 6.53. The minimum atomic E-state index is -0.439. The number of thioether (sulfide) groups is 1. The fourth-order valence-electron chi connectivity index (χ4n) is 1.89. The molecule has 1 N–H and O–H groups in total. The van der Waals surface area contributed by atoms with E-state index in [-0.39, 0.29) is 11.1 Å². The van der Waals surface area contributed by atoms with Crippen LogP contribution in [0.2, 0.25) is 0 Å². The van der Waals surface area contributed by atoms with Gasteiger partial charge in [0.05, 0.1) is 11.6 Å². The Morgan fingerprint density at radius 3 is 2.90 bits per heavy atom. The van der Waals surface area contributed by atoms with Crippen LogP contribution in [0, 0.1) is 17.1 Å². The molecule has 2 rings (SSSR count). The summed E-state index contributed by atoms with van der Waals surface area (Å²) in [5, 5.41) is 9.33. The molecule has 21 heavy (non-hydrogen) atoms. The number of nitriles is 1. The second-order valence-electron chi connectivity index (χ2n) is 4.54. The first kappa shape index (κ1) is 15.3. The van der Waals surface area contributed by atoms with E-state index in [0.717, 1.165) is 18.5 Å². The van der Waals surface area contributed by atoms with Gasteiger partial charge in [-0.05, 0) is 30.2 Å². The van der Waals surface area contributed by atoms with Gasteiger partial charge >= 0.3 is 0 Å². The van der Waals surface area contributed by atoms with Crippen LogP contribution in [0.5, 0.6) is 0 Å². The zero-order valence-electron chi connectivity index (χ0n) is 11.5. The van der Waals surface area contributed by atoms with E-state index in [4.69, 9.17) is 5.26 Å². The van der Waals surface area contributed by atoms with Crippen molar-refractivity contribution in [1.82, 2.24) is 9.97 Å². The third kappa shape index (κ3) is 4.43. The molecule has 108 valence electrons. The Balaban J connectivity index is 2.15. The van der Waals surface area contributed by atoms with Gasteiger partial charge in [-0.2, -0.15) is 5.26 Å². The number of aromatic nitrogens is 2. The number of hydrogen-bond donors (Lipinski definition) is 1. The van der Waals surface area contributed by atoms with E-state index in [1.807, 2.05) is 13.0 Å². The summed E-state index contributed by atoms with van der Waals surface area (Å²) in [5.41, 5.74) is 1.53. The van der Waals surface area contributed by atoms with Crippen molar-refractivity contribution in [1.29, 1.82) is 5.26 Å². The molecule has 1 aromatic heterocycles. The molecule has 0 unspecified atom stereocenters. The van der Waals surface area contributed by atoms with Crippen molar-refractivity contribution < 1.29 is 4.39 Å². The van der Waals surface area contributed by atoms with Gasteiger partial charge in [-0.15, -0.1) is 0 Å². The first-order valence-corrected chi connectivity index (χ1v) is 7.52. The average Bonchev–Trinajstić information content (AvgIpc) is 2.44. The molecule has 0 saturated heterocycles. The molecular weight excluding hydrogens is 289 g/mol. The molecular formula is C15H14FN3OS. The fourth-order valence-corrected chi connectivity index (χ4v) is 2.71. The van der Waals surface area contributed by atoms with Gasteiger partial charge in [-0.25, -0.2) is 9.37 Å². The lowest BCUT2D eigenvalue weighted by Gasteiger charge is -2.04. The number of nitrogens with one attached hydrogen (secondary N) is 1. The number of halogens is 1. The Morgan fingerprint density at radius 2 is 2.19 bits per heavy atom. The Hall–Kier alpha value is -2.13. The summed E-state index contributed by atoms with van der Waals surface area (Å²) in [6, 6.07) is 7.60. The summed E-state index contributed by atoms with van der Waals surface area (Å²) < 4.78 is 13.3. The zero-order chi connectivity index (χ0) is 15.2. The van der Waals surface area contributed by atoms with Crippen molar-refractivity contribution in [2.24, 2.45) is 0 Å². The highest BCUT2D eigenvalue weighted by molar-refractivity contribution is 7.98. The van der Waals surface area contributed by atoms with Gasteiger partial charge in [-0.3, -0.25) is 4.79 Å². The van der Waals surface area contributed by atoms with Crippen LogP contribution in [0.15, 0.2) is 34.2 Å². The van der Waals surface area contributed by atoms with Gasteiger partial charge in [0.25, 0.3) is 5.56 Å². The van der Waals surface area contributed by atoms with Crippen LogP contribution < -0.4 is 5.56 Å². The largest absolute Gasteiger partial charge is 0.301 e. The highest BCUT2D eigenvalue weighted by atomic mass is 32.2. The molecule has 4 nitrogen and oxygen atoms in total. The Kier molecular flexibility index (Phi) is 5.12. The van der Waals surface area contributed by atoms with E-state index < -0.39 is 5.82 Å².